The van der Waals surface area contributed by atoms with E-state index in [-0.39, 0.29) is 0 Å². The predicted octanol–water partition coefficient (Wildman–Crippen LogP) is 6.33. The maximum atomic E-state index is 4.08. The maximum absolute atomic E-state index is 4.08. The van der Waals surface area contributed by atoms with Crippen molar-refractivity contribution in [2.45, 2.75) is 24.1 Å². The molecule has 5 rings (SSSR count). The number of fused-ring (bicyclic) bond motifs is 6. The van der Waals surface area contributed by atoms with Gasteiger partial charge in [0.05, 0.1) is 0 Å². The molecule has 0 spiro atoms. The Bertz CT molecular complexity index is 707. The molecule has 5 unspecified atom stereocenters. The maximum Gasteiger partial charge on any atom is 0.0435 e. The zero-order valence-corrected chi connectivity index (χ0v) is 15.0. The fourth-order valence-corrected chi connectivity index (χ4v) is 7.10. The van der Waals surface area contributed by atoms with Crippen molar-refractivity contribution in [2.24, 2.45) is 29.6 Å². The highest BCUT2D eigenvalue weighted by molar-refractivity contribution is 9.10. The van der Waals surface area contributed by atoms with E-state index >= 15 is 0 Å². The Kier molecular flexibility index (Phi) is 2.86. The van der Waals surface area contributed by atoms with E-state index in [9.17, 15) is 0 Å². The van der Waals surface area contributed by atoms with Crippen LogP contribution in [0.5, 0.6) is 0 Å². The van der Waals surface area contributed by atoms with Gasteiger partial charge in [0, 0.05) is 9.30 Å². The topological polar surface area (TPSA) is 0 Å². The van der Waals surface area contributed by atoms with Crippen LogP contribution in [0.4, 0.5) is 0 Å². The molecule has 0 saturated heterocycles. The minimum atomic E-state index is 0.536. The van der Waals surface area contributed by atoms with Gasteiger partial charge in [-0.2, -0.15) is 0 Å². The largest absolute Gasteiger partial charge is 0.0835 e. The second-order valence-corrected chi connectivity index (χ2v) is 8.99. The van der Waals surface area contributed by atoms with E-state index in [1.807, 2.05) is 0 Å². The molecule has 3 saturated carbocycles. The number of hydrogen-bond acceptors (Lipinski definition) is 0. The molecule has 0 heterocycles. The molecule has 21 heavy (non-hydrogen) atoms. The third-order valence-electron chi connectivity index (χ3n) is 6.33. The molecule has 0 N–H and O–H groups in total. The van der Waals surface area contributed by atoms with Crippen molar-refractivity contribution in [1.29, 1.82) is 0 Å². The smallest absolute Gasteiger partial charge is 0.0435 e. The Morgan fingerprint density at radius 2 is 1.57 bits per heavy atom. The lowest BCUT2D eigenvalue weighted by Gasteiger charge is -2.17. The Hall–Kier alpha value is -0.340. The van der Waals surface area contributed by atoms with Gasteiger partial charge in [0.25, 0.3) is 0 Å². The lowest BCUT2D eigenvalue weighted by molar-refractivity contribution is 0.456. The second-order valence-electron chi connectivity index (χ2n) is 7.15. The molecular weight excluding hydrogens is 388 g/mol. The van der Waals surface area contributed by atoms with Gasteiger partial charge >= 0.3 is 0 Å². The van der Waals surface area contributed by atoms with Gasteiger partial charge in [-0.25, -0.2) is 0 Å². The number of halogens is 2. The molecule has 3 aliphatic rings. The molecule has 2 heteroatoms. The van der Waals surface area contributed by atoms with Crippen molar-refractivity contribution < 1.29 is 0 Å². The van der Waals surface area contributed by atoms with Gasteiger partial charge in [-0.3, -0.25) is 0 Å². The number of rotatable bonds is 2. The molecule has 0 aliphatic heterocycles. The Labute approximate surface area is 142 Å². The van der Waals surface area contributed by atoms with Crippen molar-refractivity contribution in [1.82, 2.24) is 0 Å². The third kappa shape index (κ3) is 1.78. The highest BCUT2D eigenvalue weighted by Crippen LogP contribution is 2.73. The first-order valence-electron chi connectivity index (χ1n) is 8.07. The minimum Gasteiger partial charge on any atom is -0.0835 e. The van der Waals surface area contributed by atoms with E-state index in [2.05, 4.69) is 68.3 Å². The predicted molar refractivity (Wildman–Crippen MR) is 94.6 cm³/mol. The van der Waals surface area contributed by atoms with Gasteiger partial charge in [-0.15, -0.1) is 0 Å². The summed E-state index contributed by atoms with van der Waals surface area (Å²) in [5.41, 5.74) is 1.49. The third-order valence-corrected chi connectivity index (χ3v) is 8.13. The van der Waals surface area contributed by atoms with Crippen molar-refractivity contribution in [3.63, 3.8) is 0 Å². The molecule has 0 aromatic heterocycles. The first-order chi connectivity index (χ1) is 10.3. The van der Waals surface area contributed by atoms with Crippen LogP contribution in [0.25, 0.3) is 10.8 Å². The molecule has 0 amide bonds. The average molecular weight is 406 g/mol. The summed E-state index contributed by atoms with van der Waals surface area (Å²) in [5, 5.41) is 2.75. The van der Waals surface area contributed by atoms with E-state index in [1.165, 1.54) is 40.1 Å². The summed E-state index contributed by atoms with van der Waals surface area (Å²) in [4.78, 5) is 0.536. The molecule has 108 valence electrons. The summed E-state index contributed by atoms with van der Waals surface area (Å²) >= 11 is 7.78. The van der Waals surface area contributed by atoms with Crippen molar-refractivity contribution in [3.8, 4) is 0 Å². The van der Waals surface area contributed by atoms with E-state index in [0.29, 0.717) is 4.83 Å². The van der Waals surface area contributed by atoms with Crippen LogP contribution in [-0.2, 0) is 0 Å². The van der Waals surface area contributed by atoms with Gasteiger partial charge in [0.2, 0.25) is 0 Å². The zero-order chi connectivity index (χ0) is 14.1. The fraction of sp³-hybridized carbons (Fsp3) is 0.474. The SMILES string of the molecule is Brc1ccc(C(Br)C2C3C4CCC(C4)C32)c2ccccc12. The van der Waals surface area contributed by atoms with E-state index < -0.39 is 0 Å². The summed E-state index contributed by atoms with van der Waals surface area (Å²) in [5.74, 6) is 5.03. The quantitative estimate of drug-likeness (QED) is 0.512. The first kappa shape index (κ1) is 13.1. The highest BCUT2D eigenvalue weighted by Gasteiger charge is 2.66. The molecule has 2 bridgehead atoms. The fourth-order valence-electron chi connectivity index (χ4n) is 5.52. The lowest BCUT2D eigenvalue weighted by Crippen LogP contribution is -2.04. The zero-order valence-electron chi connectivity index (χ0n) is 11.8. The monoisotopic (exact) mass is 404 g/mol. The molecule has 2 aromatic rings. The van der Waals surface area contributed by atoms with Gasteiger partial charge in [-0.05, 0) is 71.3 Å². The molecule has 2 aromatic carbocycles. The van der Waals surface area contributed by atoms with Gasteiger partial charge < -0.3 is 0 Å². The first-order valence-corrected chi connectivity index (χ1v) is 9.78. The van der Waals surface area contributed by atoms with Gasteiger partial charge in [0.15, 0.2) is 0 Å². The Balaban J connectivity index is 1.55. The van der Waals surface area contributed by atoms with Crippen LogP contribution in [0.2, 0.25) is 0 Å². The standard InChI is InChI=1S/C19H18Br2/c20-15-8-7-14(12-3-1-2-4-13(12)15)19(21)18-16-10-5-6-11(9-10)17(16)18/h1-4,7-8,10-11,16-19H,5-6,9H2. The summed E-state index contributed by atoms with van der Waals surface area (Å²) < 4.78 is 1.21. The summed E-state index contributed by atoms with van der Waals surface area (Å²) in [7, 11) is 0. The average Bonchev–Trinajstić information content (AvgIpc) is 2.95. The van der Waals surface area contributed by atoms with Crippen LogP contribution in [-0.4, -0.2) is 0 Å². The van der Waals surface area contributed by atoms with Crippen LogP contribution < -0.4 is 0 Å². The minimum absolute atomic E-state index is 0.536. The van der Waals surface area contributed by atoms with Crippen molar-refractivity contribution >= 4 is 42.6 Å². The second kappa shape index (κ2) is 4.58. The van der Waals surface area contributed by atoms with E-state index in [1.54, 1.807) is 0 Å². The number of alkyl halides is 1. The molecule has 3 aliphatic carbocycles. The lowest BCUT2D eigenvalue weighted by atomic mass is 9.94. The van der Waals surface area contributed by atoms with Crippen molar-refractivity contribution in [3.05, 3.63) is 46.4 Å². The number of hydrogen-bond donors (Lipinski definition) is 0. The molecule has 5 atom stereocenters. The van der Waals surface area contributed by atoms with Gasteiger partial charge in [-0.1, -0.05) is 62.2 Å². The molecule has 3 fully saturated rings. The van der Waals surface area contributed by atoms with Crippen LogP contribution in [0.3, 0.4) is 0 Å². The van der Waals surface area contributed by atoms with Gasteiger partial charge in [0.1, 0.15) is 0 Å². The van der Waals surface area contributed by atoms with Crippen LogP contribution in [0, 0.1) is 29.6 Å². The van der Waals surface area contributed by atoms with Crippen LogP contribution >= 0.6 is 31.9 Å². The summed E-state index contributed by atoms with van der Waals surface area (Å²) in [6.07, 6.45) is 4.54. The Morgan fingerprint density at radius 3 is 2.29 bits per heavy atom. The van der Waals surface area contributed by atoms with Crippen molar-refractivity contribution in [2.75, 3.05) is 0 Å². The summed E-state index contributed by atoms with van der Waals surface area (Å²) in [6, 6.07) is 13.3. The molecule has 0 nitrogen and oxygen atoms in total. The Morgan fingerprint density at radius 1 is 0.905 bits per heavy atom. The van der Waals surface area contributed by atoms with Crippen LogP contribution in [0.1, 0.15) is 29.7 Å². The summed E-state index contributed by atoms with van der Waals surface area (Å²) in [6.45, 7) is 0. The van der Waals surface area contributed by atoms with E-state index in [0.717, 1.165) is 29.6 Å². The van der Waals surface area contributed by atoms with E-state index in [4.69, 9.17) is 0 Å². The molecule has 0 radical (unpaired) electrons. The number of benzene rings is 2. The highest BCUT2D eigenvalue weighted by atomic mass is 79.9. The van der Waals surface area contributed by atoms with Crippen LogP contribution in [0.15, 0.2) is 40.9 Å². The normalized spacial score (nSPS) is 37.7. The molecular formula is C19H18Br2.